The monoisotopic (exact) mass is 273 g/mol. The van der Waals surface area contributed by atoms with Crippen molar-refractivity contribution in [3.8, 4) is 0 Å². The van der Waals surface area contributed by atoms with Crippen molar-refractivity contribution in [2.24, 2.45) is 0 Å². The van der Waals surface area contributed by atoms with Crippen LogP contribution in [0.4, 0.5) is 0 Å². The minimum Gasteiger partial charge on any atom is -0.468 e. The molecule has 102 valence electrons. The van der Waals surface area contributed by atoms with Crippen LogP contribution in [0.3, 0.4) is 0 Å². The topological polar surface area (TPSA) is 70.8 Å². The molecule has 2 atom stereocenters. The highest BCUT2D eigenvalue weighted by Gasteiger charge is 2.39. The van der Waals surface area contributed by atoms with E-state index < -0.39 is 15.9 Å². The minimum atomic E-state index is -3.11. The molecule has 1 fully saturated rings. The summed E-state index contributed by atoms with van der Waals surface area (Å²) >= 11 is 0. The molecule has 0 aromatic carbocycles. The van der Waals surface area contributed by atoms with Gasteiger partial charge in [-0.25, -0.2) is 8.42 Å². The summed E-state index contributed by atoms with van der Waals surface area (Å²) in [5.74, 6) is 0.699. The molecule has 1 aliphatic rings. The standard InChI is InChI=1S/C12H19NO4S/c1-2-5-13(7-10-4-3-6-17-10)11-8-18(15,16)9-12(11)14/h3-4,6,11-12,14H,2,5,7-9H2,1H3. The Morgan fingerprint density at radius 3 is 2.78 bits per heavy atom. The molecule has 1 aromatic heterocycles. The van der Waals surface area contributed by atoms with Crippen molar-refractivity contribution in [3.63, 3.8) is 0 Å². The molecule has 2 heterocycles. The van der Waals surface area contributed by atoms with E-state index in [1.54, 1.807) is 12.3 Å². The maximum atomic E-state index is 11.6. The van der Waals surface area contributed by atoms with Crippen LogP contribution in [0.1, 0.15) is 19.1 Å². The van der Waals surface area contributed by atoms with Gasteiger partial charge in [-0.05, 0) is 25.1 Å². The molecule has 6 heteroatoms. The maximum Gasteiger partial charge on any atom is 0.154 e. The molecule has 0 bridgehead atoms. The average Bonchev–Trinajstić information content (AvgIpc) is 2.85. The van der Waals surface area contributed by atoms with E-state index in [0.29, 0.717) is 6.54 Å². The molecule has 0 saturated carbocycles. The second-order valence-corrected chi connectivity index (χ2v) is 6.92. The van der Waals surface area contributed by atoms with E-state index in [-0.39, 0.29) is 17.5 Å². The van der Waals surface area contributed by atoms with Crippen LogP contribution in [-0.2, 0) is 16.4 Å². The van der Waals surface area contributed by atoms with Crippen molar-refractivity contribution in [2.45, 2.75) is 32.0 Å². The summed E-state index contributed by atoms with van der Waals surface area (Å²) in [7, 11) is -3.11. The number of rotatable bonds is 5. The summed E-state index contributed by atoms with van der Waals surface area (Å²) in [6.45, 7) is 3.32. The zero-order valence-corrected chi connectivity index (χ0v) is 11.3. The van der Waals surface area contributed by atoms with E-state index in [1.165, 1.54) is 0 Å². The third-order valence-electron chi connectivity index (χ3n) is 3.21. The molecule has 2 rings (SSSR count). The van der Waals surface area contributed by atoms with Gasteiger partial charge in [0.05, 0.1) is 36.5 Å². The fourth-order valence-electron chi connectivity index (χ4n) is 2.41. The molecule has 1 aromatic rings. The first-order chi connectivity index (χ1) is 8.52. The van der Waals surface area contributed by atoms with Crippen LogP contribution in [0.25, 0.3) is 0 Å². The van der Waals surface area contributed by atoms with E-state index in [1.807, 2.05) is 17.9 Å². The Hall–Kier alpha value is -0.850. The van der Waals surface area contributed by atoms with Gasteiger partial charge in [0, 0.05) is 0 Å². The molecule has 1 N–H and O–H groups in total. The molecular weight excluding hydrogens is 254 g/mol. The highest BCUT2D eigenvalue weighted by molar-refractivity contribution is 7.91. The molecule has 0 spiro atoms. The summed E-state index contributed by atoms with van der Waals surface area (Å²) in [6.07, 6.45) is 1.71. The second kappa shape index (κ2) is 5.42. The number of hydrogen-bond acceptors (Lipinski definition) is 5. The van der Waals surface area contributed by atoms with Gasteiger partial charge in [0.1, 0.15) is 5.76 Å². The van der Waals surface area contributed by atoms with E-state index >= 15 is 0 Å². The van der Waals surface area contributed by atoms with Gasteiger partial charge in [-0.1, -0.05) is 6.92 Å². The predicted octanol–water partition coefficient (Wildman–Crippen LogP) is 0.649. The summed E-state index contributed by atoms with van der Waals surface area (Å²) in [6, 6.07) is 3.35. The van der Waals surface area contributed by atoms with Crippen molar-refractivity contribution in [1.29, 1.82) is 0 Å². The van der Waals surface area contributed by atoms with Crippen molar-refractivity contribution in [3.05, 3.63) is 24.2 Å². The first-order valence-electron chi connectivity index (χ1n) is 6.17. The first kappa shape index (κ1) is 13.6. The molecule has 18 heavy (non-hydrogen) atoms. The SMILES string of the molecule is CCCN(Cc1ccco1)C1CS(=O)(=O)CC1O. The fraction of sp³-hybridized carbons (Fsp3) is 0.667. The Morgan fingerprint density at radius 2 is 2.28 bits per heavy atom. The van der Waals surface area contributed by atoms with Gasteiger partial charge in [-0.2, -0.15) is 0 Å². The second-order valence-electron chi connectivity index (χ2n) is 4.76. The third-order valence-corrected chi connectivity index (χ3v) is 4.91. The maximum absolute atomic E-state index is 11.6. The van der Waals surface area contributed by atoms with Crippen LogP contribution in [0.15, 0.2) is 22.8 Å². The van der Waals surface area contributed by atoms with Crippen LogP contribution in [0.5, 0.6) is 0 Å². The largest absolute Gasteiger partial charge is 0.468 e. The van der Waals surface area contributed by atoms with E-state index in [2.05, 4.69) is 0 Å². The summed E-state index contributed by atoms with van der Waals surface area (Å²) in [5.41, 5.74) is 0. The number of furan rings is 1. The normalized spacial score (nSPS) is 26.8. The first-order valence-corrected chi connectivity index (χ1v) is 7.99. The Balaban J connectivity index is 2.10. The highest BCUT2D eigenvalue weighted by Crippen LogP contribution is 2.21. The molecule has 0 radical (unpaired) electrons. The summed E-state index contributed by atoms with van der Waals surface area (Å²) in [4.78, 5) is 1.99. The van der Waals surface area contributed by atoms with Gasteiger partial charge >= 0.3 is 0 Å². The number of aliphatic hydroxyl groups excluding tert-OH is 1. The molecule has 1 saturated heterocycles. The summed E-state index contributed by atoms with van der Waals surface area (Å²) < 4.78 is 28.4. The molecular formula is C12H19NO4S. The Labute approximate surface area is 107 Å². The Bertz CT molecular complexity index is 468. The van der Waals surface area contributed by atoms with Gasteiger partial charge in [0.25, 0.3) is 0 Å². The van der Waals surface area contributed by atoms with Crippen molar-refractivity contribution in [1.82, 2.24) is 4.90 Å². The lowest BCUT2D eigenvalue weighted by Gasteiger charge is -2.28. The van der Waals surface area contributed by atoms with Crippen LogP contribution >= 0.6 is 0 Å². The lowest BCUT2D eigenvalue weighted by molar-refractivity contribution is 0.0738. The van der Waals surface area contributed by atoms with Gasteiger partial charge in [0.2, 0.25) is 0 Å². The van der Waals surface area contributed by atoms with E-state index in [4.69, 9.17) is 4.42 Å². The highest BCUT2D eigenvalue weighted by atomic mass is 32.2. The summed E-state index contributed by atoms with van der Waals surface area (Å²) in [5, 5.41) is 9.90. The predicted molar refractivity (Wildman–Crippen MR) is 67.9 cm³/mol. The lowest BCUT2D eigenvalue weighted by Crippen LogP contribution is -2.43. The minimum absolute atomic E-state index is 0.0366. The van der Waals surface area contributed by atoms with Crippen LogP contribution in [0.2, 0.25) is 0 Å². The molecule has 2 unspecified atom stereocenters. The fourth-order valence-corrected chi connectivity index (χ4v) is 4.24. The van der Waals surface area contributed by atoms with Gasteiger partial charge < -0.3 is 9.52 Å². The average molecular weight is 273 g/mol. The van der Waals surface area contributed by atoms with Crippen LogP contribution in [-0.4, -0.2) is 48.6 Å². The number of aliphatic hydroxyl groups is 1. The lowest BCUT2D eigenvalue weighted by atomic mass is 10.1. The number of nitrogens with zero attached hydrogens (tertiary/aromatic N) is 1. The number of hydrogen-bond donors (Lipinski definition) is 1. The van der Waals surface area contributed by atoms with Crippen LogP contribution in [0, 0.1) is 0 Å². The Morgan fingerprint density at radius 1 is 1.50 bits per heavy atom. The zero-order valence-electron chi connectivity index (χ0n) is 10.4. The van der Waals surface area contributed by atoms with Gasteiger partial charge in [0.15, 0.2) is 9.84 Å². The van der Waals surface area contributed by atoms with E-state index in [9.17, 15) is 13.5 Å². The van der Waals surface area contributed by atoms with Gasteiger partial charge in [-0.15, -0.1) is 0 Å². The molecule has 0 aliphatic carbocycles. The third kappa shape index (κ3) is 3.13. The zero-order chi connectivity index (χ0) is 13.2. The molecule has 0 amide bonds. The smallest absolute Gasteiger partial charge is 0.154 e. The van der Waals surface area contributed by atoms with Crippen molar-refractivity contribution < 1.29 is 17.9 Å². The van der Waals surface area contributed by atoms with Crippen molar-refractivity contribution in [2.75, 3.05) is 18.1 Å². The van der Waals surface area contributed by atoms with E-state index in [0.717, 1.165) is 18.7 Å². The molecule has 5 nitrogen and oxygen atoms in total. The quantitative estimate of drug-likeness (QED) is 0.853. The number of sulfone groups is 1. The molecule has 1 aliphatic heterocycles. The Kier molecular flexibility index (Phi) is 4.09. The van der Waals surface area contributed by atoms with Crippen LogP contribution < -0.4 is 0 Å². The van der Waals surface area contributed by atoms with Gasteiger partial charge in [-0.3, -0.25) is 4.90 Å². The van der Waals surface area contributed by atoms with Crippen molar-refractivity contribution >= 4 is 9.84 Å².